The maximum absolute atomic E-state index is 12.6. The van der Waals surface area contributed by atoms with Crippen molar-refractivity contribution in [1.29, 1.82) is 0 Å². The normalized spacial score (nSPS) is 23.6. The minimum absolute atomic E-state index is 0.145. The highest BCUT2D eigenvalue weighted by Crippen LogP contribution is 2.45. The lowest BCUT2D eigenvalue weighted by molar-refractivity contribution is -0.135. The van der Waals surface area contributed by atoms with Crippen LogP contribution in [0, 0.1) is 18.3 Å². The van der Waals surface area contributed by atoms with Crippen LogP contribution in [0.1, 0.15) is 56.2 Å². The van der Waals surface area contributed by atoms with E-state index in [2.05, 4.69) is 23.8 Å². The molecular weight excluding hydrogens is 402 g/mol. The zero-order valence-corrected chi connectivity index (χ0v) is 18.7. The number of hydrogen-bond donors (Lipinski definition) is 1. The molecule has 1 atom stereocenters. The first-order chi connectivity index (χ1) is 15.5. The molecule has 2 aliphatic carbocycles. The molecule has 0 spiro atoms. The molecule has 2 aliphatic heterocycles. The second-order valence-electron chi connectivity index (χ2n) is 9.60. The van der Waals surface area contributed by atoms with Crippen LogP contribution in [0.2, 0.25) is 0 Å². The smallest absolute Gasteiger partial charge is 0.298 e. The molecule has 3 heterocycles. The molecule has 7 nitrogen and oxygen atoms in total. The molecule has 168 valence electrons. The van der Waals surface area contributed by atoms with Crippen LogP contribution in [-0.4, -0.2) is 65.4 Å². The Morgan fingerprint density at radius 3 is 2.62 bits per heavy atom. The number of carbonyl (C=O) groups is 2. The van der Waals surface area contributed by atoms with Gasteiger partial charge in [-0.15, -0.1) is 6.42 Å². The molecule has 7 heteroatoms. The number of terminal acetylenes is 1. The lowest BCUT2D eigenvalue weighted by Crippen LogP contribution is -2.54. The van der Waals surface area contributed by atoms with Crippen molar-refractivity contribution >= 4 is 28.9 Å². The summed E-state index contributed by atoms with van der Waals surface area (Å²) in [7, 11) is 0. The monoisotopic (exact) mass is 433 g/mol. The third-order valence-electron chi connectivity index (χ3n) is 7.07. The molecule has 4 aliphatic rings. The van der Waals surface area contributed by atoms with Gasteiger partial charge in [-0.05, 0) is 56.6 Å². The predicted molar refractivity (Wildman–Crippen MR) is 125 cm³/mol. The molecule has 5 rings (SSSR count). The van der Waals surface area contributed by atoms with E-state index in [-0.39, 0.29) is 17.9 Å². The minimum atomic E-state index is -0.270. The summed E-state index contributed by atoms with van der Waals surface area (Å²) in [5, 5.41) is 0. The van der Waals surface area contributed by atoms with E-state index in [1.165, 1.54) is 0 Å². The third-order valence-corrected chi connectivity index (χ3v) is 7.07. The summed E-state index contributed by atoms with van der Waals surface area (Å²) < 4.78 is 0. The Bertz CT molecular complexity index is 1020. The maximum atomic E-state index is 12.6. The van der Waals surface area contributed by atoms with Crippen LogP contribution >= 0.6 is 0 Å². The van der Waals surface area contributed by atoms with E-state index < -0.39 is 0 Å². The molecule has 32 heavy (non-hydrogen) atoms. The average molecular weight is 434 g/mol. The first kappa shape index (κ1) is 20.9. The van der Waals surface area contributed by atoms with Gasteiger partial charge in [0.1, 0.15) is 0 Å². The second-order valence-corrected chi connectivity index (χ2v) is 9.60. The number of amides is 2. The van der Waals surface area contributed by atoms with Gasteiger partial charge < -0.3 is 20.4 Å². The zero-order chi connectivity index (χ0) is 22.4. The predicted octanol–water partition coefficient (Wildman–Crippen LogP) is 2.24. The minimum Gasteiger partial charge on any atom is -0.396 e. The molecule has 1 aromatic rings. The number of anilines is 2. The Hall–Kier alpha value is -3.01. The van der Waals surface area contributed by atoms with E-state index >= 15 is 0 Å². The fraction of sp³-hybridized carbons (Fsp3) is 0.560. The van der Waals surface area contributed by atoms with Crippen molar-refractivity contribution in [3.8, 4) is 12.3 Å². The van der Waals surface area contributed by atoms with E-state index in [4.69, 9.17) is 17.1 Å². The molecule has 1 saturated heterocycles. The summed E-state index contributed by atoms with van der Waals surface area (Å²) in [4.78, 5) is 35.7. The van der Waals surface area contributed by atoms with Gasteiger partial charge in [0.05, 0.1) is 11.4 Å². The summed E-state index contributed by atoms with van der Waals surface area (Å²) in [5.74, 6) is 3.79. The first-order valence-corrected chi connectivity index (χ1v) is 11.8. The van der Waals surface area contributed by atoms with Crippen LogP contribution in [0.25, 0.3) is 5.57 Å². The van der Waals surface area contributed by atoms with Gasteiger partial charge in [-0.3, -0.25) is 9.59 Å². The molecule has 3 fully saturated rings. The summed E-state index contributed by atoms with van der Waals surface area (Å²) in [6, 6.07) is 2.18. The van der Waals surface area contributed by atoms with Crippen LogP contribution in [0.5, 0.6) is 0 Å². The number of piperazine rings is 1. The summed E-state index contributed by atoms with van der Waals surface area (Å²) >= 11 is 0. The highest BCUT2D eigenvalue weighted by molar-refractivity contribution is 5.94. The summed E-state index contributed by atoms with van der Waals surface area (Å²) in [6.07, 6.45) is 12.6. The highest BCUT2D eigenvalue weighted by Gasteiger charge is 2.38. The van der Waals surface area contributed by atoms with Crippen molar-refractivity contribution in [2.75, 3.05) is 43.4 Å². The van der Waals surface area contributed by atoms with E-state index in [0.717, 1.165) is 67.8 Å². The number of nitrogen functional groups attached to an aromatic ring is 1. The van der Waals surface area contributed by atoms with Gasteiger partial charge >= 0.3 is 0 Å². The third kappa shape index (κ3) is 3.94. The van der Waals surface area contributed by atoms with Gasteiger partial charge in [0.15, 0.2) is 5.82 Å². The van der Waals surface area contributed by atoms with Gasteiger partial charge in [-0.1, -0.05) is 6.08 Å². The number of nitrogens with two attached hydrogens (primary N) is 1. The zero-order valence-electron chi connectivity index (χ0n) is 18.7. The molecule has 2 N–H and O–H groups in total. The molecule has 0 radical (unpaired) electrons. The highest BCUT2D eigenvalue weighted by atomic mass is 16.2. The number of hydrogen-bond acceptors (Lipinski definition) is 5. The topological polar surface area (TPSA) is 82.8 Å². The fourth-order valence-corrected chi connectivity index (χ4v) is 4.96. The summed E-state index contributed by atoms with van der Waals surface area (Å²) in [5.41, 5.74) is 10.4. The molecule has 0 bridgehead atoms. The van der Waals surface area contributed by atoms with Crippen molar-refractivity contribution < 1.29 is 9.59 Å². The van der Waals surface area contributed by atoms with Gasteiger partial charge in [0, 0.05) is 56.2 Å². The van der Waals surface area contributed by atoms with Gasteiger partial charge in [0.25, 0.3) is 5.91 Å². The number of aromatic nitrogens is 1. The van der Waals surface area contributed by atoms with Crippen LogP contribution in [-0.2, 0) is 9.59 Å². The molecular formula is C25H31N5O2. The van der Waals surface area contributed by atoms with Crippen LogP contribution in [0.15, 0.2) is 12.1 Å². The lowest BCUT2D eigenvalue weighted by atomic mass is 9.96. The van der Waals surface area contributed by atoms with E-state index in [1.807, 2.05) is 11.0 Å². The van der Waals surface area contributed by atoms with Crippen LogP contribution < -0.4 is 10.6 Å². The van der Waals surface area contributed by atoms with Crippen molar-refractivity contribution in [2.24, 2.45) is 5.92 Å². The SMILES string of the molecule is C#CC(=O)N1CCC=C(c2cc(N)c(N3CCN(C(=O)C4CC4)[C@H](C)C3)nc2C2CC2)C1. The van der Waals surface area contributed by atoms with Crippen molar-refractivity contribution in [1.82, 2.24) is 14.8 Å². The number of pyridine rings is 1. The Morgan fingerprint density at radius 2 is 1.97 bits per heavy atom. The Kier molecular flexibility index (Phi) is 5.32. The van der Waals surface area contributed by atoms with E-state index in [9.17, 15) is 9.59 Å². The van der Waals surface area contributed by atoms with Crippen molar-refractivity contribution in [3.63, 3.8) is 0 Å². The molecule has 2 amide bonds. The van der Waals surface area contributed by atoms with E-state index in [0.29, 0.717) is 37.1 Å². The second kappa shape index (κ2) is 8.16. The van der Waals surface area contributed by atoms with Gasteiger partial charge in [-0.2, -0.15) is 0 Å². The summed E-state index contributed by atoms with van der Waals surface area (Å²) in [6.45, 7) is 5.47. The number of nitrogens with zero attached hydrogens (tertiary/aromatic N) is 4. The fourth-order valence-electron chi connectivity index (χ4n) is 4.96. The maximum Gasteiger partial charge on any atom is 0.298 e. The number of rotatable bonds is 4. The Balaban J connectivity index is 1.39. The largest absolute Gasteiger partial charge is 0.396 e. The number of carbonyl (C=O) groups excluding carboxylic acids is 2. The van der Waals surface area contributed by atoms with E-state index in [1.54, 1.807) is 4.90 Å². The van der Waals surface area contributed by atoms with Crippen LogP contribution in [0.4, 0.5) is 11.5 Å². The molecule has 0 aromatic carbocycles. The quantitative estimate of drug-likeness (QED) is 0.737. The lowest BCUT2D eigenvalue weighted by Gasteiger charge is -2.41. The molecule has 2 saturated carbocycles. The first-order valence-electron chi connectivity index (χ1n) is 11.8. The van der Waals surface area contributed by atoms with Crippen LogP contribution in [0.3, 0.4) is 0 Å². The average Bonchev–Trinajstić information content (AvgIpc) is 3.71. The standard InChI is InChI=1S/C25H31N5O2/c1-3-22(31)28-10-4-5-19(15-28)20-13-21(26)24(27-23(20)17-6-7-17)29-11-12-30(16(2)14-29)25(32)18-8-9-18/h1,5,13,16-18H,4,6-12,14-15,26H2,2H3/t16-/m1/s1. The van der Waals surface area contributed by atoms with Crippen molar-refractivity contribution in [2.45, 2.75) is 51.0 Å². The van der Waals surface area contributed by atoms with Gasteiger partial charge in [-0.25, -0.2) is 4.98 Å². The molecule has 1 aromatic heterocycles. The Morgan fingerprint density at radius 1 is 1.19 bits per heavy atom. The molecule has 0 unspecified atom stereocenters. The Labute approximate surface area is 189 Å². The van der Waals surface area contributed by atoms with Gasteiger partial charge in [0.2, 0.25) is 5.91 Å². The van der Waals surface area contributed by atoms with Crippen molar-refractivity contribution in [3.05, 3.63) is 23.4 Å².